The normalized spacial score (nSPS) is 13.3. The van der Waals surface area contributed by atoms with E-state index >= 15 is 0 Å². The maximum atomic E-state index is 12.7. The van der Waals surface area contributed by atoms with E-state index in [-0.39, 0.29) is 24.2 Å². The second kappa shape index (κ2) is 8.19. The van der Waals surface area contributed by atoms with Crippen molar-refractivity contribution in [3.8, 4) is 11.3 Å². The van der Waals surface area contributed by atoms with E-state index in [1.54, 1.807) is 36.7 Å². The molecule has 2 aromatic heterocycles. The van der Waals surface area contributed by atoms with Crippen LogP contribution in [0.15, 0.2) is 76.2 Å². The Morgan fingerprint density at radius 3 is 2.61 bits per heavy atom. The highest BCUT2D eigenvalue weighted by Crippen LogP contribution is 2.32. The fraction of sp³-hybridized carbons (Fsp3) is 0.227. The molecule has 4 rings (SSSR count). The molecule has 0 saturated heterocycles. The first-order valence-electron chi connectivity index (χ1n) is 9.20. The van der Waals surface area contributed by atoms with Gasteiger partial charge in [-0.2, -0.15) is 0 Å². The molecule has 1 fully saturated rings. The molecular formula is C22H20N2O4. The van der Waals surface area contributed by atoms with Gasteiger partial charge in [0, 0.05) is 23.9 Å². The van der Waals surface area contributed by atoms with Crippen LogP contribution in [0.25, 0.3) is 11.3 Å². The van der Waals surface area contributed by atoms with Crippen LogP contribution in [0, 0.1) is 5.92 Å². The molecule has 1 saturated carbocycles. The van der Waals surface area contributed by atoms with Crippen molar-refractivity contribution < 1.29 is 13.9 Å². The van der Waals surface area contributed by atoms with Gasteiger partial charge in [-0.15, -0.1) is 0 Å². The number of benzene rings is 1. The molecule has 0 radical (unpaired) electrons. The number of hydrogen-bond acceptors (Lipinski definition) is 5. The lowest BCUT2D eigenvalue weighted by molar-refractivity contribution is -0.121. The van der Waals surface area contributed by atoms with Crippen LogP contribution in [0.5, 0.6) is 0 Å². The Bertz CT molecular complexity index is 998. The quantitative estimate of drug-likeness (QED) is 0.589. The Hall–Kier alpha value is -3.25. The highest BCUT2D eigenvalue weighted by molar-refractivity contribution is 5.96. The lowest BCUT2D eigenvalue weighted by atomic mass is 10.2. The van der Waals surface area contributed by atoms with Crippen LogP contribution in [0.1, 0.15) is 18.4 Å². The third-order valence-electron chi connectivity index (χ3n) is 4.57. The number of anilines is 1. The topological polar surface area (TPSA) is 72.6 Å². The Morgan fingerprint density at radius 1 is 1.11 bits per heavy atom. The number of ether oxygens (including phenoxy) is 1. The smallest absolute Gasteiger partial charge is 0.360 e. The van der Waals surface area contributed by atoms with Crippen molar-refractivity contribution in [3.63, 3.8) is 0 Å². The fourth-order valence-corrected chi connectivity index (χ4v) is 2.90. The van der Waals surface area contributed by atoms with Gasteiger partial charge in [-0.25, -0.2) is 4.79 Å². The number of pyridine rings is 1. The monoisotopic (exact) mass is 376 g/mol. The first-order valence-corrected chi connectivity index (χ1v) is 9.20. The van der Waals surface area contributed by atoms with Crippen molar-refractivity contribution in [1.29, 1.82) is 0 Å². The zero-order chi connectivity index (χ0) is 19.3. The molecule has 0 aliphatic heterocycles. The number of amides is 1. The van der Waals surface area contributed by atoms with Gasteiger partial charge in [-0.1, -0.05) is 30.3 Å². The molecule has 0 N–H and O–H groups in total. The second-order valence-corrected chi connectivity index (χ2v) is 6.72. The van der Waals surface area contributed by atoms with Gasteiger partial charge in [0.15, 0.2) is 0 Å². The van der Waals surface area contributed by atoms with E-state index in [2.05, 4.69) is 4.98 Å². The van der Waals surface area contributed by atoms with Crippen LogP contribution in [-0.2, 0) is 16.1 Å². The molecule has 1 aliphatic carbocycles. The summed E-state index contributed by atoms with van der Waals surface area (Å²) in [5, 5.41) is 0. The van der Waals surface area contributed by atoms with Crippen molar-refractivity contribution in [2.45, 2.75) is 19.4 Å². The first kappa shape index (κ1) is 18.1. The van der Waals surface area contributed by atoms with E-state index in [9.17, 15) is 9.59 Å². The molecular weight excluding hydrogens is 356 g/mol. The minimum absolute atomic E-state index is 0.00122. The molecule has 0 spiro atoms. The lowest BCUT2D eigenvalue weighted by Crippen LogP contribution is -2.37. The van der Waals surface area contributed by atoms with Crippen molar-refractivity contribution in [2.75, 3.05) is 11.6 Å². The van der Waals surface area contributed by atoms with Crippen LogP contribution >= 0.6 is 0 Å². The first-order chi connectivity index (χ1) is 13.7. The van der Waals surface area contributed by atoms with Gasteiger partial charge in [0.25, 0.3) is 0 Å². The summed E-state index contributed by atoms with van der Waals surface area (Å²) in [5.41, 5.74) is 1.32. The van der Waals surface area contributed by atoms with Gasteiger partial charge in [0.1, 0.15) is 18.2 Å². The summed E-state index contributed by atoms with van der Waals surface area (Å²) >= 11 is 0. The van der Waals surface area contributed by atoms with Crippen molar-refractivity contribution >= 4 is 11.6 Å². The molecule has 1 aliphatic rings. The van der Waals surface area contributed by atoms with E-state index in [1.165, 1.54) is 4.90 Å². The summed E-state index contributed by atoms with van der Waals surface area (Å²) in [4.78, 5) is 30.7. The van der Waals surface area contributed by atoms with Gasteiger partial charge in [-0.3, -0.25) is 14.7 Å². The maximum Gasteiger partial charge on any atom is 0.360 e. The molecule has 1 amide bonds. The minimum atomic E-state index is -0.571. The largest absolute Gasteiger partial charge is 0.421 e. The third kappa shape index (κ3) is 4.18. The zero-order valence-corrected chi connectivity index (χ0v) is 15.3. The number of carbonyl (C=O) groups is 1. The molecule has 0 atom stereocenters. The number of hydrogen-bond donors (Lipinski definition) is 0. The number of carbonyl (C=O) groups excluding carboxylic acids is 1. The summed E-state index contributed by atoms with van der Waals surface area (Å²) < 4.78 is 11.2. The Kier molecular flexibility index (Phi) is 5.30. The van der Waals surface area contributed by atoms with Crippen LogP contribution in [0.3, 0.4) is 0 Å². The lowest BCUT2D eigenvalue weighted by Gasteiger charge is -2.21. The molecule has 6 nitrogen and oxygen atoms in total. The summed E-state index contributed by atoms with van der Waals surface area (Å²) in [6.07, 6.45) is 4.95. The van der Waals surface area contributed by atoms with Gasteiger partial charge in [0.05, 0.1) is 6.61 Å². The number of aromatic nitrogens is 1. The van der Waals surface area contributed by atoms with E-state index in [1.807, 2.05) is 30.3 Å². The minimum Gasteiger partial charge on any atom is -0.421 e. The molecule has 3 aromatic rings. The number of nitrogens with zero attached hydrogens (tertiary/aromatic N) is 2. The Labute approximate surface area is 162 Å². The van der Waals surface area contributed by atoms with Gasteiger partial charge in [-0.05, 0) is 42.7 Å². The number of rotatable bonds is 7. The van der Waals surface area contributed by atoms with E-state index < -0.39 is 5.63 Å². The van der Waals surface area contributed by atoms with Gasteiger partial charge in [0.2, 0.25) is 5.91 Å². The molecule has 1 aromatic carbocycles. The summed E-state index contributed by atoms with van der Waals surface area (Å²) in [7, 11) is 0. The molecule has 6 heteroatoms. The average Bonchev–Trinajstić information content (AvgIpc) is 3.58. The molecule has 0 bridgehead atoms. The zero-order valence-electron chi connectivity index (χ0n) is 15.3. The van der Waals surface area contributed by atoms with E-state index in [4.69, 9.17) is 9.15 Å². The van der Waals surface area contributed by atoms with Crippen LogP contribution < -0.4 is 10.5 Å². The predicted octanol–water partition coefficient (Wildman–Crippen LogP) is 3.62. The van der Waals surface area contributed by atoms with Crippen molar-refractivity contribution in [1.82, 2.24) is 4.98 Å². The summed E-state index contributed by atoms with van der Waals surface area (Å²) in [6.45, 7) is 0.357. The van der Waals surface area contributed by atoms with Gasteiger partial charge < -0.3 is 9.15 Å². The molecule has 28 heavy (non-hydrogen) atoms. The summed E-state index contributed by atoms with van der Waals surface area (Å²) in [5.74, 6) is 0.262. The summed E-state index contributed by atoms with van der Waals surface area (Å²) in [6, 6.07) is 16.5. The van der Waals surface area contributed by atoms with Crippen molar-refractivity contribution in [2.24, 2.45) is 5.92 Å². The van der Waals surface area contributed by atoms with E-state index in [0.717, 1.165) is 18.4 Å². The third-order valence-corrected chi connectivity index (χ3v) is 4.57. The Balaban J connectivity index is 1.54. The van der Waals surface area contributed by atoms with Crippen LogP contribution in [0.4, 0.5) is 5.69 Å². The van der Waals surface area contributed by atoms with Crippen LogP contribution in [-0.4, -0.2) is 17.6 Å². The average molecular weight is 376 g/mol. The maximum absolute atomic E-state index is 12.7. The highest BCUT2D eigenvalue weighted by Gasteiger charge is 2.35. The van der Waals surface area contributed by atoms with Crippen LogP contribution in [0.2, 0.25) is 0 Å². The SMILES string of the molecule is O=C(C1CC1)N(COCc1ccccc1)c1ccc(-c2cccnc2)oc1=O. The fourth-order valence-electron chi connectivity index (χ4n) is 2.90. The molecule has 2 heterocycles. The van der Waals surface area contributed by atoms with Gasteiger partial charge >= 0.3 is 5.63 Å². The molecule has 0 unspecified atom stereocenters. The van der Waals surface area contributed by atoms with E-state index in [0.29, 0.717) is 17.9 Å². The molecule has 142 valence electrons. The van der Waals surface area contributed by atoms with Crippen molar-refractivity contribution in [3.05, 3.63) is 83.0 Å². The standard InChI is InChI=1S/C22H20N2O4/c25-21(17-8-9-17)24(15-27-14-16-5-2-1-3-6-16)19-10-11-20(28-22(19)26)18-7-4-12-23-13-18/h1-7,10-13,17H,8-9,14-15H2. The predicted molar refractivity (Wildman–Crippen MR) is 105 cm³/mol. The highest BCUT2D eigenvalue weighted by atomic mass is 16.5. The second-order valence-electron chi connectivity index (χ2n) is 6.72. The Morgan fingerprint density at radius 2 is 1.93 bits per heavy atom.